The summed E-state index contributed by atoms with van der Waals surface area (Å²) in [6.45, 7) is 10.6. The molecule has 0 heterocycles. The van der Waals surface area contributed by atoms with Crippen molar-refractivity contribution in [2.24, 2.45) is 29.6 Å². The van der Waals surface area contributed by atoms with E-state index >= 15 is 0 Å². The van der Waals surface area contributed by atoms with Gasteiger partial charge in [-0.15, -0.1) is 0 Å². The van der Waals surface area contributed by atoms with E-state index in [0.717, 1.165) is 18.4 Å². The van der Waals surface area contributed by atoms with Crippen LogP contribution in [0, 0.1) is 29.6 Å². The summed E-state index contributed by atoms with van der Waals surface area (Å²) in [6.07, 6.45) is 8.00. The van der Waals surface area contributed by atoms with Crippen LogP contribution >= 0.6 is 0 Å². The smallest absolute Gasteiger partial charge is 0.308 e. The highest BCUT2D eigenvalue weighted by Gasteiger charge is 2.42. The van der Waals surface area contributed by atoms with Gasteiger partial charge in [0.2, 0.25) is 0 Å². The molecule has 3 nitrogen and oxygen atoms in total. The highest BCUT2D eigenvalue weighted by atomic mass is 16.5. The van der Waals surface area contributed by atoms with E-state index in [1.807, 2.05) is 19.9 Å². The lowest BCUT2D eigenvalue weighted by atomic mass is 9.65. The summed E-state index contributed by atoms with van der Waals surface area (Å²) in [5.41, 5.74) is 1.15. The Balaban J connectivity index is 2.26. The van der Waals surface area contributed by atoms with Crippen molar-refractivity contribution >= 4 is 5.97 Å². The monoisotopic (exact) mass is 320 g/mol. The van der Waals surface area contributed by atoms with Crippen LogP contribution in [0.1, 0.15) is 53.9 Å². The van der Waals surface area contributed by atoms with Crippen LogP contribution in [0.3, 0.4) is 0 Å². The van der Waals surface area contributed by atoms with Crippen molar-refractivity contribution in [2.45, 2.75) is 66.1 Å². The van der Waals surface area contributed by atoms with E-state index in [2.05, 4.69) is 32.9 Å². The second-order valence-corrected chi connectivity index (χ2v) is 7.79. The van der Waals surface area contributed by atoms with Crippen LogP contribution in [0.2, 0.25) is 0 Å². The molecule has 6 atom stereocenters. The fourth-order valence-corrected chi connectivity index (χ4v) is 3.88. The van der Waals surface area contributed by atoms with E-state index in [-0.39, 0.29) is 23.9 Å². The van der Waals surface area contributed by atoms with Gasteiger partial charge in [0.15, 0.2) is 0 Å². The summed E-state index contributed by atoms with van der Waals surface area (Å²) in [5, 5.41) is 10.2. The molecule has 0 fully saturated rings. The largest absolute Gasteiger partial charge is 0.461 e. The Kier molecular flexibility index (Phi) is 6.07. The van der Waals surface area contributed by atoms with Crippen molar-refractivity contribution in [1.29, 1.82) is 0 Å². The Labute approximate surface area is 140 Å². The third-order valence-corrected chi connectivity index (χ3v) is 5.40. The van der Waals surface area contributed by atoms with Gasteiger partial charge in [0, 0.05) is 12.3 Å². The van der Waals surface area contributed by atoms with E-state index in [0.29, 0.717) is 24.2 Å². The van der Waals surface area contributed by atoms with Gasteiger partial charge in [0.05, 0.1) is 12.0 Å². The first-order valence-corrected chi connectivity index (χ1v) is 9.11. The Morgan fingerprint density at radius 3 is 2.70 bits per heavy atom. The van der Waals surface area contributed by atoms with Gasteiger partial charge in [0.25, 0.3) is 0 Å². The summed E-state index contributed by atoms with van der Waals surface area (Å²) in [4.78, 5) is 12.3. The fourth-order valence-electron chi connectivity index (χ4n) is 3.88. The molecule has 0 aliphatic heterocycles. The van der Waals surface area contributed by atoms with Gasteiger partial charge in [-0.2, -0.15) is 0 Å². The first kappa shape index (κ1) is 18.3. The van der Waals surface area contributed by atoms with Gasteiger partial charge in [0.1, 0.15) is 6.10 Å². The van der Waals surface area contributed by atoms with Gasteiger partial charge in [-0.05, 0) is 36.2 Å². The quantitative estimate of drug-likeness (QED) is 0.775. The second kappa shape index (κ2) is 7.65. The zero-order valence-corrected chi connectivity index (χ0v) is 15.2. The fraction of sp³-hybridized carbons (Fsp3) is 0.750. The molecule has 0 saturated heterocycles. The van der Waals surface area contributed by atoms with Crippen molar-refractivity contribution in [3.63, 3.8) is 0 Å². The van der Waals surface area contributed by atoms with Crippen LogP contribution in [-0.4, -0.2) is 23.3 Å². The standard InChI is InChI=1S/C20H32O3/c1-6-13(4)20(22)23-18-11-16(21)10-15-8-7-14(5)17(19(15)18)9-12(2)3/h7-8,10,12-14,16-19,21H,6,9,11H2,1-5H3/t13-,14-,16+,17-,18-,19-/m0/s1. The Hall–Kier alpha value is -1.09. The average molecular weight is 320 g/mol. The molecule has 2 aliphatic carbocycles. The topological polar surface area (TPSA) is 46.5 Å². The number of aliphatic hydroxyl groups excluding tert-OH is 1. The SMILES string of the molecule is CC[C@H](C)C(=O)O[C@H]1C[C@H](O)C=C2C=C[C@H](C)[C@H](CC(C)C)[C@H]21. The van der Waals surface area contributed by atoms with Gasteiger partial charge < -0.3 is 9.84 Å². The van der Waals surface area contributed by atoms with Gasteiger partial charge >= 0.3 is 5.97 Å². The van der Waals surface area contributed by atoms with Crippen LogP contribution in [0.4, 0.5) is 0 Å². The Bertz CT molecular complexity index is 477. The van der Waals surface area contributed by atoms with Gasteiger partial charge in [-0.25, -0.2) is 0 Å². The Morgan fingerprint density at radius 1 is 1.39 bits per heavy atom. The van der Waals surface area contributed by atoms with Crippen molar-refractivity contribution in [1.82, 2.24) is 0 Å². The minimum Gasteiger partial charge on any atom is -0.461 e. The van der Waals surface area contributed by atoms with Crippen molar-refractivity contribution < 1.29 is 14.6 Å². The lowest BCUT2D eigenvalue weighted by molar-refractivity contribution is -0.159. The molecular formula is C20H32O3. The molecule has 0 saturated carbocycles. The van der Waals surface area contributed by atoms with Crippen molar-refractivity contribution in [2.75, 3.05) is 0 Å². The van der Waals surface area contributed by atoms with Gasteiger partial charge in [-0.1, -0.05) is 52.8 Å². The average Bonchev–Trinajstić information content (AvgIpc) is 2.48. The van der Waals surface area contributed by atoms with E-state index in [1.165, 1.54) is 0 Å². The van der Waals surface area contributed by atoms with Gasteiger partial charge in [-0.3, -0.25) is 4.79 Å². The molecule has 130 valence electrons. The predicted molar refractivity (Wildman–Crippen MR) is 92.8 cm³/mol. The highest BCUT2D eigenvalue weighted by Crippen LogP contribution is 2.44. The summed E-state index contributed by atoms with van der Waals surface area (Å²) in [6, 6.07) is 0. The molecule has 0 spiro atoms. The maximum Gasteiger partial charge on any atom is 0.308 e. The molecule has 0 aromatic rings. The van der Waals surface area contributed by atoms with E-state index in [4.69, 9.17) is 4.74 Å². The van der Waals surface area contributed by atoms with Crippen molar-refractivity contribution in [3.05, 3.63) is 23.8 Å². The third-order valence-electron chi connectivity index (χ3n) is 5.40. The number of hydrogen-bond acceptors (Lipinski definition) is 3. The molecule has 3 heteroatoms. The number of esters is 1. The minimum absolute atomic E-state index is 0.0818. The first-order chi connectivity index (χ1) is 10.8. The minimum atomic E-state index is -0.520. The molecule has 1 N–H and O–H groups in total. The van der Waals surface area contributed by atoms with E-state index in [1.54, 1.807) is 0 Å². The number of fused-ring (bicyclic) bond motifs is 1. The summed E-state index contributed by atoms with van der Waals surface area (Å²) < 4.78 is 5.87. The number of aliphatic hydroxyl groups is 1. The molecule has 0 unspecified atom stereocenters. The lowest BCUT2D eigenvalue weighted by Crippen LogP contribution is -2.43. The zero-order chi connectivity index (χ0) is 17.1. The third kappa shape index (κ3) is 4.26. The lowest BCUT2D eigenvalue weighted by Gasteiger charge is -2.43. The highest BCUT2D eigenvalue weighted by molar-refractivity contribution is 5.72. The maximum atomic E-state index is 12.3. The van der Waals surface area contributed by atoms with Crippen LogP contribution < -0.4 is 0 Å². The first-order valence-electron chi connectivity index (χ1n) is 9.11. The summed E-state index contributed by atoms with van der Waals surface area (Å²) >= 11 is 0. The molecule has 2 aliphatic rings. The molecule has 2 rings (SSSR count). The van der Waals surface area contributed by atoms with E-state index < -0.39 is 6.10 Å². The predicted octanol–water partition coefficient (Wildman–Crippen LogP) is 4.12. The zero-order valence-electron chi connectivity index (χ0n) is 15.2. The molecule has 0 aromatic carbocycles. The number of allylic oxidation sites excluding steroid dienone is 2. The molecule has 0 amide bonds. The van der Waals surface area contributed by atoms with Crippen LogP contribution in [0.25, 0.3) is 0 Å². The van der Waals surface area contributed by atoms with Crippen LogP contribution in [0.15, 0.2) is 23.8 Å². The maximum absolute atomic E-state index is 12.3. The second-order valence-electron chi connectivity index (χ2n) is 7.79. The summed E-state index contributed by atoms with van der Waals surface area (Å²) in [7, 11) is 0. The molecular weight excluding hydrogens is 288 g/mol. The van der Waals surface area contributed by atoms with E-state index in [9.17, 15) is 9.90 Å². The number of ether oxygens (including phenoxy) is 1. The number of hydrogen-bond donors (Lipinski definition) is 1. The number of rotatable bonds is 5. The normalized spacial score (nSPS) is 34.7. The Morgan fingerprint density at radius 2 is 2.09 bits per heavy atom. The molecule has 0 radical (unpaired) electrons. The molecule has 23 heavy (non-hydrogen) atoms. The summed E-state index contributed by atoms with van der Waals surface area (Å²) in [5.74, 6) is 1.55. The van der Waals surface area contributed by atoms with Crippen molar-refractivity contribution in [3.8, 4) is 0 Å². The number of carbonyl (C=O) groups excluding carboxylic acids is 1. The van der Waals surface area contributed by atoms with Crippen LogP contribution in [-0.2, 0) is 9.53 Å². The molecule has 0 aromatic heterocycles. The van der Waals surface area contributed by atoms with Crippen LogP contribution in [0.5, 0.6) is 0 Å². The number of carbonyl (C=O) groups is 1. The molecule has 0 bridgehead atoms.